The van der Waals surface area contributed by atoms with Gasteiger partial charge in [-0.1, -0.05) is 170 Å². The highest BCUT2D eigenvalue weighted by atomic mass is 16.3. The largest absolute Gasteiger partial charge is 0.455 e. The lowest BCUT2D eigenvalue weighted by Crippen LogP contribution is -2.10. The Morgan fingerprint density at radius 3 is 1.72 bits per heavy atom. The van der Waals surface area contributed by atoms with E-state index in [0.717, 1.165) is 55.8 Å². The van der Waals surface area contributed by atoms with Gasteiger partial charge in [-0.05, 0) is 99.3 Å². The van der Waals surface area contributed by atoms with Crippen LogP contribution < -0.4 is 4.90 Å². The lowest BCUT2D eigenvalue weighted by molar-refractivity contribution is 0.670. The first-order valence-electron chi connectivity index (χ1n) is 20.8. The summed E-state index contributed by atoms with van der Waals surface area (Å²) in [5.74, 6) is 0. The van der Waals surface area contributed by atoms with E-state index in [1.54, 1.807) is 0 Å². The van der Waals surface area contributed by atoms with Gasteiger partial charge in [0.1, 0.15) is 11.2 Å². The van der Waals surface area contributed by atoms with Crippen LogP contribution in [0, 0.1) is 0 Å². The van der Waals surface area contributed by atoms with E-state index in [0.29, 0.717) is 0 Å². The molecule has 0 aliphatic heterocycles. The molecule has 0 N–H and O–H groups in total. The minimum Gasteiger partial charge on any atom is -0.455 e. The maximum atomic E-state index is 6.45. The molecule has 0 bridgehead atoms. The van der Waals surface area contributed by atoms with E-state index in [4.69, 9.17) is 4.42 Å². The molecule has 12 rings (SSSR count). The number of rotatable bonds is 7. The van der Waals surface area contributed by atoms with Crippen LogP contribution in [0.25, 0.3) is 93.6 Å². The molecule has 2 aromatic heterocycles. The van der Waals surface area contributed by atoms with Gasteiger partial charge < -0.3 is 13.9 Å². The molecule has 0 radical (unpaired) electrons. The summed E-state index contributed by atoms with van der Waals surface area (Å²) in [6, 6.07) is 82.8. The van der Waals surface area contributed by atoms with Crippen LogP contribution in [0.1, 0.15) is 0 Å². The third-order valence-electron chi connectivity index (χ3n) is 12.2. The molecule has 0 aliphatic rings. The van der Waals surface area contributed by atoms with E-state index in [1.807, 2.05) is 12.1 Å². The molecule has 2 heterocycles. The van der Waals surface area contributed by atoms with Crippen molar-refractivity contribution in [3.8, 4) is 39.1 Å². The van der Waals surface area contributed by atoms with Gasteiger partial charge >= 0.3 is 0 Å². The summed E-state index contributed by atoms with van der Waals surface area (Å²) in [4.78, 5) is 2.36. The molecule has 12 aromatic rings. The van der Waals surface area contributed by atoms with Gasteiger partial charge in [-0.2, -0.15) is 0 Å². The van der Waals surface area contributed by atoms with Crippen LogP contribution in [0.4, 0.5) is 17.1 Å². The fraction of sp³-hybridized carbons (Fsp3) is 0. The van der Waals surface area contributed by atoms with E-state index in [2.05, 4.69) is 228 Å². The van der Waals surface area contributed by atoms with Crippen molar-refractivity contribution in [2.24, 2.45) is 0 Å². The van der Waals surface area contributed by atoms with Crippen molar-refractivity contribution in [3.63, 3.8) is 0 Å². The smallest absolute Gasteiger partial charge is 0.143 e. The third-order valence-corrected chi connectivity index (χ3v) is 12.2. The van der Waals surface area contributed by atoms with Gasteiger partial charge in [-0.25, -0.2) is 0 Å². The molecule has 0 aliphatic carbocycles. The highest BCUT2D eigenvalue weighted by molar-refractivity contribution is 6.25. The number of nitrogens with zero attached hydrogens (tertiary/aromatic N) is 2. The molecule has 0 saturated heterocycles. The summed E-state index contributed by atoms with van der Waals surface area (Å²) < 4.78 is 8.89. The zero-order valence-corrected chi connectivity index (χ0v) is 33.2. The lowest BCUT2D eigenvalue weighted by Gasteiger charge is -2.26. The molecule has 3 nitrogen and oxygen atoms in total. The van der Waals surface area contributed by atoms with Crippen LogP contribution in [0.2, 0.25) is 0 Å². The van der Waals surface area contributed by atoms with E-state index >= 15 is 0 Å². The Balaban J connectivity index is 1.02. The number of para-hydroxylation sites is 3. The van der Waals surface area contributed by atoms with Crippen molar-refractivity contribution in [2.45, 2.75) is 0 Å². The Kier molecular flexibility index (Phi) is 8.17. The van der Waals surface area contributed by atoms with E-state index in [9.17, 15) is 0 Å². The topological polar surface area (TPSA) is 21.3 Å². The minimum absolute atomic E-state index is 0.902. The summed E-state index contributed by atoms with van der Waals surface area (Å²) in [6.07, 6.45) is 0. The van der Waals surface area contributed by atoms with Crippen LogP contribution in [0.15, 0.2) is 235 Å². The highest BCUT2D eigenvalue weighted by Crippen LogP contribution is 2.43. The zero-order chi connectivity index (χ0) is 40.3. The number of hydrogen-bond donors (Lipinski definition) is 0. The second kappa shape index (κ2) is 14.3. The molecule has 0 saturated carbocycles. The van der Waals surface area contributed by atoms with Gasteiger partial charge in [-0.3, -0.25) is 0 Å². The number of furan rings is 1. The van der Waals surface area contributed by atoms with Gasteiger partial charge in [-0.15, -0.1) is 0 Å². The predicted molar refractivity (Wildman–Crippen MR) is 257 cm³/mol. The van der Waals surface area contributed by atoms with E-state index < -0.39 is 0 Å². The Hall–Kier alpha value is -8.14. The molecule has 3 heteroatoms. The number of anilines is 3. The Bertz CT molecular complexity index is 3560. The molecule has 0 fully saturated rings. The maximum absolute atomic E-state index is 6.45. The third kappa shape index (κ3) is 5.82. The fourth-order valence-electron chi connectivity index (χ4n) is 9.39. The second-order valence-electron chi connectivity index (χ2n) is 15.7. The van der Waals surface area contributed by atoms with Crippen LogP contribution in [0.5, 0.6) is 0 Å². The molecule has 0 spiro atoms. The first-order chi connectivity index (χ1) is 30.3. The molecule has 0 amide bonds. The molecule has 0 unspecified atom stereocenters. The summed E-state index contributed by atoms with van der Waals surface area (Å²) in [7, 11) is 0. The van der Waals surface area contributed by atoms with E-state index in [-0.39, 0.29) is 0 Å². The van der Waals surface area contributed by atoms with Crippen molar-refractivity contribution < 1.29 is 4.42 Å². The summed E-state index contributed by atoms with van der Waals surface area (Å²) in [5, 5.41) is 7.27. The van der Waals surface area contributed by atoms with Gasteiger partial charge in [0.25, 0.3) is 0 Å². The van der Waals surface area contributed by atoms with Crippen molar-refractivity contribution in [1.82, 2.24) is 4.57 Å². The maximum Gasteiger partial charge on any atom is 0.143 e. The zero-order valence-electron chi connectivity index (χ0n) is 33.2. The Morgan fingerprint density at radius 2 is 0.934 bits per heavy atom. The lowest BCUT2D eigenvalue weighted by atomic mass is 9.94. The first-order valence-corrected chi connectivity index (χ1v) is 20.8. The predicted octanol–water partition coefficient (Wildman–Crippen LogP) is 16.3. The van der Waals surface area contributed by atoms with Crippen molar-refractivity contribution in [3.05, 3.63) is 231 Å². The van der Waals surface area contributed by atoms with Gasteiger partial charge in [0.15, 0.2) is 0 Å². The Morgan fingerprint density at radius 1 is 0.344 bits per heavy atom. The minimum atomic E-state index is 0.902. The molecular formula is C58H38N2O. The normalized spacial score (nSPS) is 11.6. The molecule has 0 atom stereocenters. The van der Waals surface area contributed by atoms with Gasteiger partial charge in [0.05, 0.1) is 11.0 Å². The monoisotopic (exact) mass is 778 g/mol. The molecule has 286 valence electrons. The van der Waals surface area contributed by atoms with Crippen LogP contribution in [0.3, 0.4) is 0 Å². The molecule has 61 heavy (non-hydrogen) atoms. The average molecular weight is 779 g/mol. The summed E-state index contributed by atoms with van der Waals surface area (Å²) in [6.45, 7) is 0. The van der Waals surface area contributed by atoms with Gasteiger partial charge in [0, 0.05) is 49.9 Å². The van der Waals surface area contributed by atoms with Crippen LogP contribution in [-0.2, 0) is 0 Å². The Labute approximate surface area is 353 Å². The number of fused-ring (bicyclic) bond motifs is 8. The average Bonchev–Trinajstić information content (AvgIpc) is 3.89. The molecule has 10 aromatic carbocycles. The van der Waals surface area contributed by atoms with Crippen molar-refractivity contribution >= 4 is 71.6 Å². The van der Waals surface area contributed by atoms with Gasteiger partial charge in [0.2, 0.25) is 0 Å². The van der Waals surface area contributed by atoms with Crippen LogP contribution >= 0.6 is 0 Å². The van der Waals surface area contributed by atoms with Crippen LogP contribution in [-0.4, -0.2) is 4.57 Å². The standard InChI is InChI=1S/C58H38N2O/c1-3-14-39(15-4-1)40-28-33-44(34-29-40)59(45-35-30-42(31-36-45)49-24-13-25-51-50-21-8-10-27-55(50)61-58(49)51)46-19-12-20-47(38-46)60-53-26-9-7-22-52(53)57-54(60)37-32-43-18-11-23-48(56(43)57)41-16-5-2-6-17-41/h1-38H. The van der Waals surface area contributed by atoms with Crippen molar-refractivity contribution in [2.75, 3.05) is 4.90 Å². The number of aromatic nitrogens is 1. The number of hydrogen-bond acceptors (Lipinski definition) is 2. The second-order valence-corrected chi connectivity index (χ2v) is 15.7. The fourth-order valence-corrected chi connectivity index (χ4v) is 9.39. The number of benzene rings is 10. The summed E-state index contributed by atoms with van der Waals surface area (Å²) >= 11 is 0. The SMILES string of the molecule is c1ccc(-c2ccc(N(c3ccc(-c4cccc5c4oc4ccccc45)cc3)c3cccc(-n4c5ccccc5c5c6c(-c7ccccc7)cccc6ccc54)c3)cc2)cc1. The quantitative estimate of drug-likeness (QED) is 0.161. The van der Waals surface area contributed by atoms with Crippen molar-refractivity contribution in [1.29, 1.82) is 0 Å². The first kappa shape index (κ1) is 34.9. The van der Waals surface area contributed by atoms with E-state index in [1.165, 1.54) is 54.8 Å². The highest BCUT2D eigenvalue weighted by Gasteiger charge is 2.20. The summed E-state index contributed by atoms with van der Waals surface area (Å²) in [5.41, 5.74) is 15.5. The molecular weight excluding hydrogens is 741 g/mol.